The molecule has 0 bridgehead atoms. The lowest BCUT2D eigenvalue weighted by Gasteiger charge is -2.24. The van der Waals surface area contributed by atoms with E-state index in [0.717, 1.165) is 0 Å². The van der Waals surface area contributed by atoms with Crippen molar-refractivity contribution in [2.45, 2.75) is 18.9 Å². The van der Waals surface area contributed by atoms with Crippen LogP contribution in [0.15, 0.2) is 0 Å². The summed E-state index contributed by atoms with van der Waals surface area (Å²) in [7, 11) is -7.97. The fraction of sp³-hybridized carbons (Fsp3) is 0.857. The molecule has 0 radical (unpaired) electrons. The van der Waals surface area contributed by atoms with Crippen LogP contribution in [-0.4, -0.2) is 41.6 Å². The second-order valence-electron chi connectivity index (χ2n) is 3.51. The Morgan fingerprint density at radius 2 is 1.69 bits per heavy atom. The number of hydrogen-bond donors (Lipinski definition) is 0. The molecule has 0 aromatic heterocycles. The average molecular weight is 283 g/mol. The fourth-order valence-corrected chi connectivity index (χ4v) is 4.50. The first-order valence-electron chi connectivity index (χ1n) is 4.19. The third-order valence-electron chi connectivity index (χ3n) is 1.50. The van der Waals surface area contributed by atoms with Gasteiger partial charge in [0.1, 0.15) is 5.78 Å². The van der Waals surface area contributed by atoms with E-state index in [2.05, 4.69) is 3.63 Å². The first-order chi connectivity index (χ1) is 6.91. The SMILES string of the molecule is CCC(=O)CS(C)(C)[OH+]S(=O)(=O)C(F)(F)F. The molecule has 0 aromatic rings. The Morgan fingerprint density at radius 1 is 1.25 bits per heavy atom. The highest BCUT2D eigenvalue weighted by atomic mass is 32.3. The summed E-state index contributed by atoms with van der Waals surface area (Å²) in [5.74, 6) is -0.556. The molecule has 0 heterocycles. The largest absolute Gasteiger partial charge is 0.572 e. The number of rotatable bonds is 5. The number of carbonyl (C=O) groups is 1. The number of carbonyl (C=O) groups excluding carboxylic acids is 1. The molecule has 0 aromatic carbocycles. The van der Waals surface area contributed by atoms with Crippen LogP contribution in [0.3, 0.4) is 0 Å². The average Bonchev–Trinajstić information content (AvgIpc) is 1.98. The van der Waals surface area contributed by atoms with Gasteiger partial charge in [-0.3, -0.25) is 8.42 Å². The maximum absolute atomic E-state index is 12.0. The van der Waals surface area contributed by atoms with E-state index in [1.165, 1.54) is 12.5 Å². The van der Waals surface area contributed by atoms with E-state index in [-0.39, 0.29) is 18.0 Å². The molecular formula is C7H14F3O4S2+. The standard InChI is InChI=1S/C7H13F3O4S2/c1-4-6(11)5-15(2,3)14-16(12,13)7(8,9)10/h4-5H2,1-3H3/p+1. The van der Waals surface area contributed by atoms with E-state index in [1.807, 2.05) is 0 Å². The molecule has 0 spiro atoms. The van der Waals surface area contributed by atoms with Crippen LogP contribution >= 0.6 is 10.3 Å². The quantitative estimate of drug-likeness (QED) is 0.439. The summed E-state index contributed by atoms with van der Waals surface area (Å²) in [5, 5.41) is 0. The summed E-state index contributed by atoms with van der Waals surface area (Å²) < 4.78 is 60.4. The predicted octanol–water partition coefficient (Wildman–Crippen LogP) is 1.89. The lowest BCUT2D eigenvalue weighted by Crippen LogP contribution is -2.31. The van der Waals surface area contributed by atoms with Crippen molar-refractivity contribution in [2.75, 3.05) is 18.3 Å². The molecule has 4 nitrogen and oxygen atoms in total. The van der Waals surface area contributed by atoms with Crippen molar-refractivity contribution in [3.8, 4) is 0 Å². The van der Waals surface area contributed by atoms with Crippen molar-refractivity contribution in [3.05, 3.63) is 0 Å². The molecule has 0 saturated carbocycles. The Morgan fingerprint density at radius 3 is 2.00 bits per heavy atom. The molecule has 0 rings (SSSR count). The Bertz CT molecular complexity index is 358. The van der Waals surface area contributed by atoms with Gasteiger partial charge >= 0.3 is 15.6 Å². The van der Waals surface area contributed by atoms with Crippen LogP contribution in [0.5, 0.6) is 0 Å². The van der Waals surface area contributed by atoms with E-state index < -0.39 is 25.9 Å². The molecule has 0 atom stereocenters. The molecule has 16 heavy (non-hydrogen) atoms. The maximum Gasteiger partial charge on any atom is 0.572 e. The number of alkyl halides is 3. The Balaban J connectivity index is 4.79. The summed E-state index contributed by atoms with van der Waals surface area (Å²) in [6.07, 6.45) is 2.66. The van der Waals surface area contributed by atoms with Crippen LogP contribution in [0.25, 0.3) is 0 Å². The highest BCUT2D eigenvalue weighted by Gasteiger charge is 2.55. The topological polar surface area (TPSA) is 64.0 Å². The number of halogens is 3. The fourth-order valence-electron chi connectivity index (χ4n) is 0.830. The third kappa shape index (κ3) is 4.71. The number of ketones is 1. The Kier molecular flexibility index (Phi) is 4.84. The van der Waals surface area contributed by atoms with Crippen LogP contribution in [0, 0.1) is 0 Å². The predicted molar refractivity (Wildman–Crippen MR) is 57.2 cm³/mol. The Hall–Kier alpha value is -0.280. The van der Waals surface area contributed by atoms with Crippen LogP contribution in [0.4, 0.5) is 13.2 Å². The van der Waals surface area contributed by atoms with Gasteiger partial charge in [0.05, 0.1) is 5.75 Å². The normalized spacial score (nSPS) is 14.9. The summed E-state index contributed by atoms with van der Waals surface area (Å²) >= 11 is 0. The van der Waals surface area contributed by atoms with Crippen molar-refractivity contribution in [1.82, 2.24) is 0 Å². The Labute approximate surface area is 93.8 Å². The molecule has 0 unspecified atom stereocenters. The molecule has 0 saturated heterocycles. The van der Waals surface area contributed by atoms with Crippen molar-refractivity contribution >= 4 is 26.2 Å². The first kappa shape index (κ1) is 15.7. The van der Waals surface area contributed by atoms with E-state index in [0.29, 0.717) is 0 Å². The van der Waals surface area contributed by atoms with Gasteiger partial charge in [0.25, 0.3) is 0 Å². The van der Waals surface area contributed by atoms with Gasteiger partial charge < -0.3 is 0 Å². The molecule has 9 heteroatoms. The lowest BCUT2D eigenvalue weighted by molar-refractivity contribution is -0.116. The minimum atomic E-state index is -5.50. The summed E-state index contributed by atoms with van der Waals surface area (Å²) in [6.45, 7) is 1.55. The molecular weight excluding hydrogens is 269 g/mol. The molecule has 1 N–H and O–H groups in total. The smallest absolute Gasteiger partial charge is 0.299 e. The van der Waals surface area contributed by atoms with Crippen LogP contribution in [-0.2, 0) is 14.9 Å². The van der Waals surface area contributed by atoms with Crippen molar-refractivity contribution in [2.24, 2.45) is 0 Å². The van der Waals surface area contributed by atoms with Crippen molar-refractivity contribution < 1.29 is 30.0 Å². The zero-order chi connectivity index (χ0) is 13.2. The summed E-state index contributed by atoms with van der Waals surface area (Å²) in [5.41, 5.74) is -5.40. The zero-order valence-corrected chi connectivity index (χ0v) is 10.7. The number of Topliss-reactive ketones (excluding diaryl/α,β-unsaturated/α-hetero) is 1. The van der Waals surface area contributed by atoms with Gasteiger partial charge in [-0.15, -0.1) is 8.42 Å². The highest BCUT2D eigenvalue weighted by Crippen LogP contribution is 2.43. The van der Waals surface area contributed by atoms with E-state index in [4.69, 9.17) is 0 Å². The van der Waals surface area contributed by atoms with Gasteiger partial charge in [-0.2, -0.15) is 13.2 Å². The highest BCUT2D eigenvalue weighted by molar-refractivity contribution is 8.31. The lowest BCUT2D eigenvalue weighted by atomic mass is 10.4. The number of hydrogen-bond acceptors (Lipinski definition) is 3. The van der Waals surface area contributed by atoms with E-state index >= 15 is 0 Å². The third-order valence-corrected chi connectivity index (χ3v) is 5.51. The first-order valence-corrected chi connectivity index (χ1v) is 8.21. The molecule has 0 fully saturated rings. The van der Waals surface area contributed by atoms with Gasteiger partial charge in [0, 0.05) is 18.9 Å². The molecule has 0 amide bonds. The van der Waals surface area contributed by atoms with E-state index in [1.54, 1.807) is 6.92 Å². The van der Waals surface area contributed by atoms with Crippen LogP contribution in [0.1, 0.15) is 13.3 Å². The zero-order valence-electron chi connectivity index (χ0n) is 9.04. The van der Waals surface area contributed by atoms with Gasteiger partial charge in [0.15, 0.2) is 0 Å². The maximum atomic E-state index is 12.0. The molecule has 0 aliphatic rings. The van der Waals surface area contributed by atoms with Gasteiger partial charge in [-0.25, -0.2) is 0 Å². The summed E-state index contributed by atoms with van der Waals surface area (Å²) in [6, 6.07) is 0. The molecule has 0 aliphatic heterocycles. The minimum absolute atomic E-state index is 0.151. The van der Waals surface area contributed by atoms with Gasteiger partial charge in [-0.05, 0) is 10.3 Å². The molecule has 0 aliphatic carbocycles. The van der Waals surface area contributed by atoms with Crippen molar-refractivity contribution in [3.63, 3.8) is 0 Å². The van der Waals surface area contributed by atoms with Crippen molar-refractivity contribution in [1.29, 1.82) is 0 Å². The van der Waals surface area contributed by atoms with Gasteiger partial charge in [-0.1, -0.05) is 6.92 Å². The second-order valence-corrected chi connectivity index (χ2v) is 8.77. The summed E-state index contributed by atoms with van der Waals surface area (Å²) in [4.78, 5) is 11.0. The monoisotopic (exact) mass is 283 g/mol. The second kappa shape index (κ2) is 4.92. The van der Waals surface area contributed by atoms with Gasteiger partial charge in [0.2, 0.25) is 0 Å². The van der Waals surface area contributed by atoms with Crippen LogP contribution < -0.4 is 0 Å². The van der Waals surface area contributed by atoms with E-state index in [9.17, 15) is 26.4 Å². The molecule has 98 valence electrons. The van der Waals surface area contributed by atoms with Crippen LogP contribution in [0.2, 0.25) is 0 Å². The minimum Gasteiger partial charge on any atom is -0.299 e.